The van der Waals surface area contributed by atoms with Gasteiger partial charge in [-0.2, -0.15) is 10.2 Å². The lowest BCUT2D eigenvalue weighted by molar-refractivity contribution is 0.733. The van der Waals surface area contributed by atoms with Gasteiger partial charge in [-0.1, -0.05) is 13.3 Å². The number of aromatic amines is 1. The number of aryl methyl sites for hydroxylation is 2. The monoisotopic (exact) mass is 249 g/mol. The maximum atomic E-state index is 6.07. The van der Waals surface area contributed by atoms with Gasteiger partial charge in [-0.05, 0) is 6.42 Å². The molecule has 2 heterocycles. The molecule has 0 spiro atoms. The third-order valence-corrected chi connectivity index (χ3v) is 2.77. The first-order valence-electron chi connectivity index (χ1n) is 6.11. The molecule has 0 aromatic carbocycles. The van der Waals surface area contributed by atoms with Gasteiger partial charge in [-0.15, -0.1) is 0 Å². The van der Waals surface area contributed by atoms with Crippen LogP contribution < -0.4 is 11.1 Å². The SMILES string of the molecule is CCCc1nn(C)c(NCCc2ncn[nH]2)c1N. The number of nitrogens with one attached hydrogen (secondary N) is 2. The molecule has 0 saturated heterocycles. The van der Waals surface area contributed by atoms with Gasteiger partial charge in [0.2, 0.25) is 0 Å². The van der Waals surface area contributed by atoms with Crippen LogP contribution in [0.5, 0.6) is 0 Å². The number of nitrogens with zero attached hydrogens (tertiary/aromatic N) is 4. The van der Waals surface area contributed by atoms with Crippen molar-refractivity contribution in [2.75, 3.05) is 17.6 Å². The Labute approximate surface area is 106 Å². The Balaban J connectivity index is 1.96. The number of H-pyrrole nitrogens is 1. The fraction of sp³-hybridized carbons (Fsp3) is 0.545. The topological polar surface area (TPSA) is 97.4 Å². The Bertz CT molecular complexity index is 486. The summed E-state index contributed by atoms with van der Waals surface area (Å²) in [4.78, 5) is 4.07. The molecule has 4 N–H and O–H groups in total. The van der Waals surface area contributed by atoms with Crippen LogP contribution in [0, 0.1) is 0 Å². The number of rotatable bonds is 6. The first-order chi connectivity index (χ1) is 8.72. The Kier molecular flexibility index (Phi) is 3.81. The highest BCUT2D eigenvalue weighted by Gasteiger charge is 2.11. The van der Waals surface area contributed by atoms with Gasteiger partial charge < -0.3 is 11.1 Å². The van der Waals surface area contributed by atoms with Gasteiger partial charge in [-0.3, -0.25) is 9.78 Å². The third-order valence-electron chi connectivity index (χ3n) is 2.77. The molecule has 0 aliphatic rings. The molecule has 0 bridgehead atoms. The standard InChI is InChI=1S/C11H19N7/c1-3-4-8-10(12)11(18(2)17-8)13-6-5-9-14-7-15-16-9/h7,13H,3-6,12H2,1-2H3,(H,14,15,16). The zero-order valence-corrected chi connectivity index (χ0v) is 10.8. The van der Waals surface area contributed by atoms with E-state index >= 15 is 0 Å². The van der Waals surface area contributed by atoms with Crippen molar-refractivity contribution in [2.45, 2.75) is 26.2 Å². The first-order valence-corrected chi connectivity index (χ1v) is 6.11. The molecule has 0 saturated carbocycles. The van der Waals surface area contributed by atoms with E-state index < -0.39 is 0 Å². The van der Waals surface area contributed by atoms with Gasteiger partial charge in [-0.25, -0.2) is 4.98 Å². The van der Waals surface area contributed by atoms with Gasteiger partial charge in [0.1, 0.15) is 18.0 Å². The summed E-state index contributed by atoms with van der Waals surface area (Å²) in [6.45, 7) is 2.86. The molecule has 98 valence electrons. The van der Waals surface area contributed by atoms with E-state index in [1.165, 1.54) is 6.33 Å². The number of aromatic nitrogens is 5. The quantitative estimate of drug-likeness (QED) is 0.701. The van der Waals surface area contributed by atoms with Crippen molar-refractivity contribution in [3.05, 3.63) is 17.8 Å². The predicted molar refractivity (Wildman–Crippen MR) is 70.2 cm³/mol. The number of hydrogen-bond donors (Lipinski definition) is 3. The summed E-state index contributed by atoms with van der Waals surface area (Å²) in [5.41, 5.74) is 7.78. The molecule has 0 radical (unpaired) electrons. The maximum Gasteiger partial charge on any atom is 0.147 e. The number of anilines is 2. The van der Waals surface area contributed by atoms with Gasteiger partial charge in [0.25, 0.3) is 0 Å². The molecular formula is C11H19N7. The third kappa shape index (κ3) is 2.61. The summed E-state index contributed by atoms with van der Waals surface area (Å²) >= 11 is 0. The molecule has 0 amide bonds. The lowest BCUT2D eigenvalue weighted by atomic mass is 10.2. The van der Waals surface area contributed by atoms with Crippen LogP contribution in [0.2, 0.25) is 0 Å². The van der Waals surface area contributed by atoms with Gasteiger partial charge >= 0.3 is 0 Å². The largest absolute Gasteiger partial charge is 0.394 e. The van der Waals surface area contributed by atoms with Crippen molar-refractivity contribution in [1.29, 1.82) is 0 Å². The minimum absolute atomic E-state index is 0.741. The minimum Gasteiger partial charge on any atom is -0.394 e. The molecule has 7 nitrogen and oxygen atoms in total. The number of nitrogens with two attached hydrogens (primary N) is 1. The van der Waals surface area contributed by atoms with E-state index in [2.05, 4.69) is 32.5 Å². The average molecular weight is 249 g/mol. The van der Waals surface area contributed by atoms with E-state index in [0.717, 1.165) is 48.8 Å². The van der Waals surface area contributed by atoms with Crippen molar-refractivity contribution >= 4 is 11.5 Å². The Morgan fingerprint density at radius 1 is 1.44 bits per heavy atom. The second kappa shape index (κ2) is 5.52. The van der Waals surface area contributed by atoms with Crippen molar-refractivity contribution in [2.24, 2.45) is 7.05 Å². The molecule has 0 aliphatic carbocycles. The van der Waals surface area contributed by atoms with E-state index in [0.29, 0.717) is 0 Å². The highest BCUT2D eigenvalue weighted by atomic mass is 15.3. The zero-order chi connectivity index (χ0) is 13.0. The number of hydrogen-bond acceptors (Lipinski definition) is 5. The van der Waals surface area contributed by atoms with Crippen LogP contribution >= 0.6 is 0 Å². The van der Waals surface area contributed by atoms with Crippen LogP contribution in [-0.4, -0.2) is 31.5 Å². The second-order valence-electron chi connectivity index (χ2n) is 4.19. The van der Waals surface area contributed by atoms with E-state index in [4.69, 9.17) is 5.73 Å². The predicted octanol–water partition coefficient (Wildman–Crippen LogP) is 0.728. The zero-order valence-electron chi connectivity index (χ0n) is 10.8. The van der Waals surface area contributed by atoms with Crippen molar-refractivity contribution < 1.29 is 0 Å². The molecule has 0 atom stereocenters. The molecule has 2 aromatic rings. The van der Waals surface area contributed by atoms with Crippen LogP contribution in [0.1, 0.15) is 24.9 Å². The average Bonchev–Trinajstić information content (AvgIpc) is 2.93. The molecular weight excluding hydrogens is 230 g/mol. The van der Waals surface area contributed by atoms with Gasteiger partial charge in [0, 0.05) is 20.0 Å². The summed E-state index contributed by atoms with van der Waals surface area (Å²) in [5, 5.41) is 14.3. The highest BCUT2D eigenvalue weighted by molar-refractivity contribution is 5.65. The summed E-state index contributed by atoms with van der Waals surface area (Å²) in [6, 6.07) is 0. The van der Waals surface area contributed by atoms with Gasteiger partial charge in [0.05, 0.1) is 11.4 Å². The first kappa shape index (κ1) is 12.4. The summed E-state index contributed by atoms with van der Waals surface area (Å²) in [6.07, 6.45) is 4.23. The summed E-state index contributed by atoms with van der Waals surface area (Å²) < 4.78 is 1.79. The lowest BCUT2D eigenvalue weighted by Crippen LogP contribution is -2.10. The Morgan fingerprint density at radius 2 is 2.28 bits per heavy atom. The Morgan fingerprint density at radius 3 is 2.94 bits per heavy atom. The van der Waals surface area contributed by atoms with Crippen molar-refractivity contribution in [1.82, 2.24) is 25.0 Å². The van der Waals surface area contributed by atoms with Crippen LogP contribution in [0.4, 0.5) is 11.5 Å². The van der Waals surface area contributed by atoms with Crippen LogP contribution in [0.3, 0.4) is 0 Å². The van der Waals surface area contributed by atoms with Crippen LogP contribution in [0.25, 0.3) is 0 Å². The molecule has 18 heavy (non-hydrogen) atoms. The van der Waals surface area contributed by atoms with Crippen molar-refractivity contribution in [3.63, 3.8) is 0 Å². The normalized spacial score (nSPS) is 10.8. The fourth-order valence-corrected chi connectivity index (χ4v) is 1.88. The van der Waals surface area contributed by atoms with Crippen LogP contribution in [-0.2, 0) is 19.9 Å². The maximum absolute atomic E-state index is 6.07. The fourth-order valence-electron chi connectivity index (χ4n) is 1.88. The highest BCUT2D eigenvalue weighted by Crippen LogP contribution is 2.22. The number of nitrogen functional groups attached to an aromatic ring is 1. The summed E-state index contributed by atoms with van der Waals surface area (Å²) in [5.74, 6) is 1.73. The van der Waals surface area contributed by atoms with Crippen molar-refractivity contribution in [3.8, 4) is 0 Å². The lowest BCUT2D eigenvalue weighted by Gasteiger charge is -2.06. The van der Waals surface area contributed by atoms with E-state index in [9.17, 15) is 0 Å². The minimum atomic E-state index is 0.741. The van der Waals surface area contributed by atoms with E-state index in [1.54, 1.807) is 4.68 Å². The van der Waals surface area contributed by atoms with E-state index in [1.807, 2.05) is 7.05 Å². The molecule has 0 fully saturated rings. The Hall–Kier alpha value is -2.05. The second-order valence-corrected chi connectivity index (χ2v) is 4.19. The summed E-state index contributed by atoms with van der Waals surface area (Å²) in [7, 11) is 1.90. The molecule has 7 heteroatoms. The molecule has 0 unspecified atom stereocenters. The van der Waals surface area contributed by atoms with Gasteiger partial charge in [0.15, 0.2) is 0 Å². The van der Waals surface area contributed by atoms with E-state index in [-0.39, 0.29) is 0 Å². The molecule has 2 aromatic heterocycles. The smallest absolute Gasteiger partial charge is 0.147 e. The molecule has 2 rings (SSSR count). The van der Waals surface area contributed by atoms with Crippen LogP contribution in [0.15, 0.2) is 6.33 Å². The molecule has 0 aliphatic heterocycles.